The van der Waals surface area contributed by atoms with Gasteiger partial charge in [0.15, 0.2) is 6.10 Å². The third-order valence-electron chi connectivity index (χ3n) is 5.11. The summed E-state index contributed by atoms with van der Waals surface area (Å²) in [6.07, 6.45) is -0.209. The lowest BCUT2D eigenvalue weighted by atomic mass is 10.1. The van der Waals surface area contributed by atoms with Crippen LogP contribution < -0.4 is 15.8 Å². The Morgan fingerprint density at radius 2 is 1.74 bits per heavy atom. The molecule has 1 aliphatic heterocycles. The van der Waals surface area contributed by atoms with Crippen LogP contribution in [0.4, 0.5) is 5.69 Å². The van der Waals surface area contributed by atoms with E-state index in [0.717, 1.165) is 17.7 Å². The molecule has 0 radical (unpaired) electrons. The highest BCUT2D eigenvalue weighted by Gasteiger charge is 2.37. The smallest absolute Gasteiger partial charge is 0.312 e. The van der Waals surface area contributed by atoms with E-state index in [4.69, 9.17) is 4.74 Å². The Bertz CT molecular complexity index is 959. The second-order valence-electron chi connectivity index (χ2n) is 7.31. The van der Waals surface area contributed by atoms with Gasteiger partial charge in [0.05, 0.1) is 5.92 Å². The molecular weight excluding hydrogens is 398 g/mol. The highest BCUT2D eigenvalue weighted by atomic mass is 16.5. The first-order chi connectivity index (χ1) is 14.9. The molecule has 0 unspecified atom stereocenters. The maximum absolute atomic E-state index is 12.5. The lowest BCUT2D eigenvalue weighted by Crippen LogP contribution is -2.47. The maximum atomic E-state index is 12.5. The Balaban J connectivity index is 1.50. The lowest BCUT2D eigenvalue weighted by Gasteiger charge is -2.18. The number of aryl methyl sites for hydroxylation is 1. The van der Waals surface area contributed by atoms with E-state index in [0.29, 0.717) is 5.56 Å². The topological polar surface area (TPSA) is 105 Å². The Hall–Kier alpha value is -3.68. The highest BCUT2D eigenvalue weighted by molar-refractivity contribution is 6.00. The van der Waals surface area contributed by atoms with Crippen molar-refractivity contribution in [2.45, 2.75) is 32.8 Å². The van der Waals surface area contributed by atoms with Crippen LogP contribution in [-0.2, 0) is 25.5 Å². The van der Waals surface area contributed by atoms with Crippen molar-refractivity contribution in [1.29, 1.82) is 0 Å². The molecule has 3 rings (SSSR count). The molecule has 1 saturated heterocycles. The van der Waals surface area contributed by atoms with Gasteiger partial charge in [0.2, 0.25) is 5.91 Å². The summed E-state index contributed by atoms with van der Waals surface area (Å²) in [5.74, 6) is -2.61. The number of ether oxygens (including phenoxy) is 1. The maximum Gasteiger partial charge on any atom is 0.312 e. The number of rotatable bonds is 6. The van der Waals surface area contributed by atoms with Crippen LogP contribution in [0.15, 0.2) is 54.6 Å². The Labute approximate surface area is 180 Å². The van der Waals surface area contributed by atoms with E-state index in [1.54, 1.807) is 35.2 Å². The number of anilines is 1. The van der Waals surface area contributed by atoms with Crippen LogP contribution in [0.2, 0.25) is 0 Å². The third kappa shape index (κ3) is 5.48. The van der Waals surface area contributed by atoms with E-state index >= 15 is 0 Å². The second-order valence-corrected chi connectivity index (χ2v) is 7.31. The first-order valence-corrected chi connectivity index (χ1v) is 10.1. The molecule has 0 aliphatic carbocycles. The fraction of sp³-hybridized carbons (Fsp3) is 0.304. The Morgan fingerprint density at radius 1 is 1.06 bits per heavy atom. The summed E-state index contributed by atoms with van der Waals surface area (Å²) in [5, 5.41) is 0. The summed E-state index contributed by atoms with van der Waals surface area (Å²) >= 11 is 0. The second kappa shape index (κ2) is 9.88. The SMILES string of the molecule is CCc1ccc(N2C[C@@H](C(=O)O[C@H](C)C(=O)NNC(=O)c3ccccc3)CC2=O)cc1. The zero-order valence-electron chi connectivity index (χ0n) is 17.5. The quantitative estimate of drug-likeness (QED) is 0.546. The van der Waals surface area contributed by atoms with Gasteiger partial charge in [0.1, 0.15) is 0 Å². The van der Waals surface area contributed by atoms with E-state index in [9.17, 15) is 19.2 Å². The van der Waals surface area contributed by atoms with Crippen LogP contribution in [0, 0.1) is 5.92 Å². The Kier molecular flexibility index (Phi) is 7.02. The molecule has 3 amide bonds. The summed E-state index contributed by atoms with van der Waals surface area (Å²) in [5.41, 5.74) is 6.78. The Morgan fingerprint density at radius 3 is 2.39 bits per heavy atom. The zero-order chi connectivity index (χ0) is 22.4. The molecular formula is C23H25N3O5. The van der Waals surface area contributed by atoms with Crippen molar-refractivity contribution in [2.24, 2.45) is 5.92 Å². The van der Waals surface area contributed by atoms with Gasteiger partial charge in [-0.15, -0.1) is 0 Å². The average Bonchev–Trinajstić information content (AvgIpc) is 3.19. The molecule has 8 nitrogen and oxygen atoms in total. The number of esters is 1. The van der Waals surface area contributed by atoms with Gasteiger partial charge < -0.3 is 9.64 Å². The number of nitrogens with one attached hydrogen (secondary N) is 2. The summed E-state index contributed by atoms with van der Waals surface area (Å²) in [6, 6.07) is 16.0. The number of hydrazine groups is 1. The molecule has 0 spiro atoms. The molecule has 2 aromatic rings. The summed E-state index contributed by atoms with van der Waals surface area (Å²) in [4.78, 5) is 50.5. The van der Waals surface area contributed by atoms with Gasteiger partial charge in [-0.1, -0.05) is 37.3 Å². The summed E-state index contributed by atoms with van der Waals surface area (Å²) in [6.45, 7) is 3.65. The molecule has 0 aromatic heterocycles. The van der Waals surface area contributed by atoms with Gasteiger partial charge in [0, 0.05) is 24.2 Å². The van der Waals surface area contributed by atoms with Crippen LogP contribution in [0.3, 0.4) is 0 Å². The molecule has 2 atom stereocenters. The number of amides is 3. The first-order valence-electron chi connectivity index (χ1n) is 10.1. The van der Waals surface area contributed by atoms with Crippen LogP contribution in [0.25, 0.3) is 0 Å². The minimum Gasteiger partial charge on any atom is -0.452 e. The molecule has 0 saturated carbocycles. The van der Waals surface area contributed by atoms with E-state index in [1.165, 1.54) is 6.92 Å². The van der Waals surface area contributed by atoms with Crippen molar-refractivity contribution < 1.29 is 23.9 Å². The number of nitrogens with zero attached hydrogens (tertiary/aromatic N) is 1. The average molecular weight is 423 g/mol. The van der Waals surface area contributed by atoms with Crippen LogP contribution in [-0.4, -0.2) is 36.3 Å². The van der Waals surface area contributed by atoms with Crippen molar-refractivity contribution in [2.75, 3.05) is 11.4 Å². The fourth-order valence-electron chi connectivity index (χ4n) is 3.23. The minimum absolute atomic E-state index is 0.0213. The van der Waals surface area contributed by atoms with E-state index in [-0.39, 0.29) is 18.9 Å². The zero-order valence-corrected chi connectivity index (χ0v) is 17.5. The van der Waals surface area contributed by atoms with Gasteiger partial charge in [-0.3, -0.25) is 30.0 Å². The number of hydrogen-bond acceptors (Lipinski definition) is 5. The van der Waals surface area contributed by atoms with Crippen molar-refractivity contribution in [3.8, 4) is 0 Å². The van der Waals surface area contributed by atoms with Gasteiger partial charge in [0.25, 0.3) is 11.8 Å². The number of hydrogen-bond donors (Lipinski definition) is 2. The largest absolute Gasteiger partial charge is 0.452 e. The van der Waals surface area contributed by atoms with Gasteiger partial charge >= 0.3 is 5.97 Å². The van der Waals surface area contributed by atoms with Crippen LogP contribution in [0.5, 0.6) is 0 Å². The van der Waals surface area contributed by atoms with E-state index in [1.807, 2.05) is 31.2 Å². The number of carbonyl (C=O) groups is 4. The standard InChI is InChI=1S/C23H25N3O5/c1-3-16-9-11-19(12-10-16)26-14-18(13-20(26)27)23(30)31-15(2)21(28)24-25-22(29)17-7-5-4-6-8-17/h4-12,15,18H,3,13-14H2,1-2H3,(H,24,28)(H,25,29)/t15-,18+/m1/s1. The van der Waals surface area contributed by atoms with Crippen LogP contribution in [0.1, 0.15) is 36.2 Å². The van der Waals surface area contributed by atoms with Crippen molar-refractivity contribution in [3.63, 3.8) is 0 Å². The van der Waals surface area contributed by atoms with Crippen molar-refractivity contribution in [1.82, 2.24) is 10.9 Å². The summed E-state index contributed by atoms with van der Waals surface area (Å²) in [7, 11) is 0. The molecule has 1 heterocycles. The monoisotopic (exact) mass is 423 g/mol. The van der Waals surface area contributed by atoms with Crippen LogP contribution >= 0.6 is 0 Å². The molecule has 1 aliphatic rings. The lowest BCUT2D eigenvalue weighted by molar-refractivity contribution is -0.158. The van der Waals surface area contributed by atoms with E-state index in [2.05, 4.69) is 10.9 Å². The van der Waals surface area contributed by atoms with Gasteiger partial charge in [-0.05, 0) is 43.2 Å². The molecule has 2 aromatic carbocycles. The molecule has 2 N–H and O–H groups in total. The van der Waals surface area contributed by atoms with Crippen molar-refractivity contribution >= 4 is 29.4 Å². The number of carbonyl (C=O) groups excluding carboxylic acids is 4. The van der Waals surface area contributed by atoms with E-state index < -0.39 is 29.8 Å². The minimum atomic E-state index is -1.13. The number of benzene rings is 2. The third-order valence-corrected chi connectivity index (χ3v) is 5.11. The predicted octanol–water partition coefficient (Wildman–Crippen LogP) is 1.99. The van der Waals surface area contributed by atoms with Crippen molar-refractivity contribution in [3.05, 3.63) is 65.7 Å². The molecule has 1 fully saturated rings. The first kappa shape index (κ1) is 22.0. The normalized spacial score (nSPS) is 16.5. The molecule has 0 bridgehead atoms. The van der Waals surface area contributed by atoms with Gasteiger partial charge in [-0.2, -0.15) is 0 Å². The van der Waals surface area contributed by atoms with Gasteiger partial charge in [-0.25, -0.2) is 0 Å². The fourth-order valence-corrected chi connectivity index (χ4v) is 3.23. The predicted molar refractivity (Wildman–Crippen MR) is 114 cm³/mol. The molecule has 31 heavy (non-hydrogen) atoms. The highest BCUT2D eigenvalue weighted by Crippen LogP contribution is 2.26. The molecule has 8 heteroatoms. The summed E-state index contributed by atoms with van der Waals surface area (Å²) < 4.78 is 5.22. The molecule has 162 valence electrons.